The minimum Gasteiger partial charge on any atom is -0.456 e. The van der Waals surface area contributed by atoms with Gasteiger partial charge < -0.3 is 14.6 Å². The Morgan fingerprint density at radius 1 is 1.20 bits per heavy atom. The highest BCUT2D eigenvalue weighted by Gasteiger charge is 2.28. The van der Waals surface area contributed by atoms with Gasteiger partial charge in [-0.15, -0.1) is 0 Å². The van der Waals surface area contributed by atoms with Crippen LogP contribution in [0.1, 0.15) is 59.2 Å². The van der Waals surface area contributed by atoms with Crippen LogP contribution in [0, 0.1) is 11.8 Å². The molecule has 1 N–H and O–H groups in total. The van der Waals surface area contributed by atoms with Crippen LogP contribution >= 0.6 is 0 Å². The maximum Gasteiger partial charge on any atom is 0.306 e. The average molecular weight is 507 g/mol. The molecule has 1 aromatic heterocycles. The van der Waals surface area contributed by atoms with Crippen molar-refractivity contribution in [3.05, 3.63) is 24.0 Å². The summed E-state index contributed by atoms with van der Waals surface area (Å²) >= 11 is 0. The van der Waals surface area contributed by atoms with E-state index >= 15 is 0 Å². The van der Waals surface area contributed by atoms with E-state index in [2.05, 4.69) is 24.1 Å². The fourth-order valence-electron chi connectivity index (χ4n) is 4.79. The number of imidazole rings is 1. The first-order valence-corrected chi connectivity index (χ1v) is 13.9. The molecule has 0 aliphatic heterocycles. The molecule has 3 atom stereocenters. The normalized spacial score (nSPS) is 20.8. The minimum atomic E-state index is -3.58. The Hall–Kier alpha value is -2.46. The van der Waals surface area contributed by atoms with Crippen LogP contribution in [0.2, 0.25) is 0 Å². The molecule has 2 aromatic rings. The number of aryl methyl sites for hydroxylation is 2. The van der Waals surface area contributed by atoms with Crippen molar-refractivity contribution < 1.29 is 22.7 Å². The molecule has 35 heavy (non-hydrogen) atoms. The summed E-state index contributed by atoms with van der Waals surface area (Å²) in [4.78, 5) is 29.3. The number of esters is 1. The number of amides is 1. The smallest absolute Gasteiger partial charge is 0.306 e. The molecule has 1 aliphatic rings. The predicted molar refractivity (Wildman–Crippen MR) is 134 cm³/mol. The third kappa shape index (κ3) is 6.22. The van der Waals surface area contributed by atoms with Crippen molar-refractivity contribution in [3.8, 4) is 0 Å². The fraction of sp³-hybridized carbons (Fsp3) is 0.640. The summed E-state index contributed by atoms with van der Waals surface area (Å²) in [5, 5.41) is 3.00. The molecule has 1 heterocycles. The molecule has 0 spiro atoms. The minimum absolute atomic E-state index is 0.0753. The van der Waals surface area contributed by atoms with Gasteiger partial charge in [0.15, 0.2) is 6.61 Å². The van der Waals surface area contributed by atoms with Crippen LogP contribution in [0.25, 0.3) is 11.0 Å². The Morgan fingerprint density at radius 2 is 1.91 bits per heavy atom. The second kappa shape index (κ2) is 11.5. The summed E-state index contributed by atoms with van der Waals surface area (Å²) < 4.78 is 34.1. The standard InChI is InChI=1S/C25H38N4O5S/c1-6-29(7-2)35(32,33)19-11-12-22-21(15-19)26-23(28(22)5)13-14-25(31)34-16-24(30)27-20-10-8-9-17(3)18(20)4/h11-12,15,17-18,20H,6-10,13-14,16H2,1-5H3,(H,27,30)/t17-,18+,20-/m1/s1. The van der Waals surface area contributed by atoms with Crippen molar-refractivity contribution in [2.45, 2.75) is 70.7 Å². The summed E-state index contributed by atoms with van der Waals surface area (Å²) in [6.45, 7) is 8.46. The first-order valence-electron chi connectivity index (χ1n) is 12.5. The molecule has 1 aliphatic carbocycles. The summed E-state index contributed by atoms with van der Waals surface area (Å²) in [6, 6.07) is 5.02. The molecule has 1 amide bonds. The molecule has 10 heteroatoms. The molecule has 194 valence electrons. The molecule has 3 rings (SSSR count). The van der Waals surface area contributed by atoms with Crippen molar-refractivity contribution in [1.82, 2.24) is 19.2 Å². The number of carbonyl (C=O) groups is 2. The number of sulfonamides is 1. The van der Waals surface area contributed by atoms with E-state index in [9.17, 15) is 18.0 Å². The quantitative estimate of drug-likeness (QED) is 0.496. The number of benzene rings is 1. The molecule has 1 saturated carbocycles. The van der Waals surface area contributed by atoms with Crippen molar-refractivity contribution in [2.75, 3.05) is 19.7 Å². The van der Waals surface area contributed by atoms with E-state index in [0.29, 0.717) is 42.7 Å². The Labute approximate surface area is 208 Å². The summed E-state index contributed by atoms with van der Waals surface area (Å²) in [5.74, 6) is 0.877. The number of nitrogens with one attached hydrogen (secondary N) is 1. The van der Waals surface area contributed by atoms with E-state index in [-0.39, 0.29) is 29.9 Å². The molecule has 0 radical (unpaired) electrons. The van der Waals surface area contributed by atoms with Crippen LogP contribution in [0.5, 0.6) is 0 Å². The van der Waals surface area contributed by atoms with E-state index in [4.69, 9.17) is 4.74 Å². The van der Waals surface area contributed by atoms with E-state index in [1.165, 1.54) is 10.7 Å². The number of hydrogen-bond donors (Lipinski definition) is 1. The zero-order valence-corrected chi connectivity index (χ0v) is 22.2. The fourth-order valence-corrected chi connectivity index (χ4v) is 6.27. The van der Waals surface area contributed by atoms with Crippen molar-refractivity contribution >= 4 is 32.9 Å². The third-order valence-electron chi connectivity index (χ3n) is 7.26. The van der Waals surface area contributed by atoms with E-state index in [0.717, 1.165) is 18.4 Å². The Morgan fingerprint density at radius 3 is 2.60 bits per heavy atom. The van der Waals surface area contributed by atoms with Gasteiger partial charge >= 0.3 is 5.97 Å². The highest BCUT2D eigenvalue weighted by Crippen LogP contribution is 2.29. The highest BCUT2D eigenvalue weighted by molar-refractivity contribution is 7.89. The topological polar surface area (TPSA) is 111 Å². The maximum absolute atomic E-state index is 12.8. The van der Waals surface area contributed by atoms with Crippen molar-refractivity contribution in [2.24, 2.45) is 18.9 Å². The van der Waals surface area contributed by atoms with Gasteiger partial charge in [0.25, 0.3) is 5.91 Å². The zero-order valence-electron chi connectivity index (χ0n) is 21.4. The largest absolute Gasteiger partial charge is 0.456 e. The van der Waals surface area contributed by atoms with Gasteiger partial charge in [-0.25, -0.2) is 13.4 Å². The predicted octanol–water partition coefficient (Wildman–Crippen LogP) is 3.02. The number of fused-ring (bicyclic) bond motifs is 1. The lowest BCUT2D eigenvalue weighted by Gasteiger charge is -2.34. The molecule has 1 aromatic carbocycles. The monoisotopic (exact) mass is 506 g/mol. The molecule has 0 unspecified atom stereocenters. The number of ether oxygens (including phenoxy) is 1. The molecular formula is C25H38N4O5S. The SMILES string of the molecule is CCN(CC)S(=O)(=O)c1ccc2c(c1)nc(CCC(=O)OCC(=O)N[C@@H]1CCC[C@@H](C)[C@@H]1C)n2C. The summed E-state index contributed by atoms with van der Waals surface area (Å²) in [7, 11) is -1.76. The van der Waals surface area contributed by atoms with Gasteiger partial charge in [-0.05, 0) is 36.5 Å². The lowest BCUT2D eigenvalue weighted by molar-refractivity contribution is -0.148. The second-order valence-electron chi connectivity index (χ2n) is 9.43. The van der Waals surface area contributed by atoms with E-state index < -0.39 is 16.0 Å². The van der Waals surface area contributed by atoms with E-state index in [1.807, 2.05) is 11.6 Å². The summed E-state index contributed by atoms with van der Waals surface area (Å²) in [6.07, 6.45) is 3.62. The van der Waals surface area contributed by atoms with Crippen LogP contribution in [0.15, 0.2) is 23.1 Å². The first kappa shape index (κ1) is 27.1. The molecule has 0 bridgehead atoms. The van der Waals surface area contributed by atoms with Gasteiger partial charge in [-0.1, -0.05) is 40.5 Å². The van der Waals surface area contributed by atoms with Crippen LogP contribution in [-0.2, 0) is 37.8 Å². The number of aromatic nitrogens is 2. The van der Waals surface area contributed by atoms with Gasteiger partial charge in [0.1, 0.15) is 5.82 Å². The first-order chi connectivity index (χ1) is 16.6. The lowest BCUT2D eigenvalue weighted by atomic mass is 9.78. The highest BCUT2D eigenvalue weighted by atomic mass is 32.2. The lowest BCUT2D eigenvalue weighted by Crippen LogP contribution is -2.45. The maximum atomic E-state index is 12.8. The Bertz CT molecular complexity index is 1160. The van der Waals surface area contributed by atoms with Gasteiger partial charge in [0.2, 0.25) is 10.0 Å². The Balaban J connectivity index is 1.57. The second-order valence-corrected chi connectivity index (χ2v) is 11.4. The van der Waals surface area contributed by atoms with E-state index in [1.54, 1.807) is 32.0 Å². The van der Waals surface area contributed by atoms with Crippen molar-refractivity contribution in [1.29, 1.82) is 0 Å². The number of nitrogens with zero attached hydrogens (tertiary/aromatic N) is 3. The zero-order chi connectivity index (χ0) is 25.8. The molecular weight excluding hydrogens is 468 g/mol. The summed E-state index contributed by atoms with van der Waals surface area (Å²) in [5.41, 5.74) is 1.33. The third-order valence-corrected chi connectivity index (χ3v) is 9.30. The number of carbonyl (C=O) groups excluding carboxylic acids is 2. The molecule has 0 saturated heterocycles. The molecule has 1 fully saturated rings. The van der Waals surface area contributed by atoms with Gasteiger partial charge in [0, 0.05) is 32.6 Å². The number of hydrogen-bond acceptors (Lipinski definition) is 6. The number of rotatable bonds is 10. The van der Waals surface area contributed by atoms with Gasteiger partial charge in [-0.2, -0.15) is 4.31 Å². The Kier molecular flexibility index (Phi) is 8.93. The average Bonchev–Trinajstić information content (AvgIpc) is 3.14. The molecule has 9 nitrogen and oxygen atoms in total. The van der Waals surface area contributed by atoms with Crippen molar-refractivity contribution in [3.63, 3.8) is 0 Å². The van der Waals surface area contributed by atoms with Crippen LogP contribution in [0.4, 0.5) is 0 Å². The van der Waals surface area contributed by atoms with Gasteiger partial charge in [0.05, 0.1) is 22.3 Å². The van der Waals surface area contributed by atoms with Gasteiger partial charge in [-0.3, -0.25) is 9.59 Å². The van der Waals surface area contributed by atoms with Crippen LogP contribution in [0.3, 0.4) is 0 Å². The van der Waals surface area contributed by atoms with Crippen LogP contribution < -0.4 is 5.32 Å². The van der Waals surface area contributed by atoms with Crippen LogP contribution in [-0.4, -0.2) is 59.9 Å².